The largest absolute Gasteiger partial charge is 0.497 e. The molecule has 0 aliphatic carbocycles. The van der Waals surface area contributed by atoms with Crippen LogP contribution in [0, 0.1) is 0 Å². The third kappa shape index (κ3) is 4.78. The van der Waals surface area contributed by atoms with Crippen LogP contribution in [0.25, 0.3) is 0 Å². The van der Waals surface area contributed by atoms with Gasteiger partial charge in [0.25, 0.3) is 5.22 Å². The fourth-order valence-corrected chi connectivity index (χ4v) is 3.91. The van der Waals surface area contributed by atoms with Gasteiger partial charge in [-0.3, -0.25) is 4.79 Å². The molecule has 1 aromatic heterocycles. The molecule has 0 saturated carbocycles. The molecule has 1 aliphatic heterocycles. The van der Waals surface area contributed by atoms with Crippen LogP contribution in [0.3, 0.4) is 0 Å². The Hall–Kier alpha value is -2.02. The van der Waals surface area contributed by atoms with E-state index in [1.54, 1.807) is 7.11 Å². The Kier molecular flexibility index (Phi) is 6.55. The summed E-state index contributed by atoms with van der Waals surface area (Å²) in [7, 11) is 1.64. The van der Waals surface area contributed by atoms with Gasteiger partial charge < -0.3 is 14.1 Å². The summed E-state index contributed by atoms with van der Waals surface area (Å²) in [5.74, 6) is 1.88. The smallest absolute Gasteiger partial charge is 0.277 e. The highest BCUT2D eigenvalue weighted by Crippen LogP contribution is 2.23. The standard InChI is InChI=1S/C19H25N3O3S/c1-3-15-6-4-5-11-22(15)18(23)13-26-19-21-20-17(25-19)12-14-7-9-16(24-2)10-8-14/h7-10,15H,3-6,11-13H2,1-2H3. The van der Waals surface area contributed by atoms with Crippen molar-refractivity contribution in [1.29, 1.82) is 0 Å². The molecule has 1 amide bonds. The Morgan fingerprint density at radius 3 is 2.85 bits per heavy atom. The summed E-state index contributed by atoms with van der Waals surface area (Å²) < 4.78 is 10.8. The van der Waals surface area contributed by atoms with E-state index in [0.29, 0.717) is 29.3 Å². The maximum atomic E-state index is 12.5. The van der Waals surface area contributed by atoms with E-state index in [1.165, 1.54) is 18.2 Å². The normalized spacial score (nSPS) is 17.3. The highest BCUT2D eigenvalue weighted by atomic mass is 32.2. The maximum absolute atomic E-state index is 12.5. The number of amides is 1. The number of rotatable bonds is 7. The Morgan fingerprint density at radius 1 is 1.31 bits per heavy atom. The third-order valence-corrected chi connectivity index (χ3v) is 5.50. The summed E-state index contributed by atoms with van der Waals surface area (Å²) in [5.41, 5.74) is 1.07. The summed E-state index contributed by atoms with van der Waals surface area (Å²) in [5, 5.41) is 8.59. The van der Waals surface area contributed by atoms with Crippen molar-refractivity contribution in [1.82, 2.24) is 15.1 Å². The molecule has 0 radical (unpaired) electrons. The van der Waals surface area contributed by atoms with Gasteiger partial charge in [0.2, 0.25) is 11.8 Å². The van der Waals surface area contributed by atoms with Crippen LogP contribution in [0.5, 0.6) is 5.75 Å². The van der Waals surface area contributed by atoms with Crippen LogP contribution in [0.1, 0.15) is 44.1 Å². The second-order valence-corrected chi connectivity index (χ2v) is 7.35. The van der Waals surface area contributed by atoms with Crippen LogP contribution in [0.2, 0.25) is 0 Å². The van der Waals surface area contributed by atoms with E-state index in [1.807, 2.05) is 29.2 Å². The minimum Gasteiger partial charge on any atom is -0.497 e. The summed E-state index contributed by atoms with van der Waals surface area (Å²) in [6.07, 6.45) is 5.01. The van der Waals surface area contributed by atoms with Crippen LogP contribution in [0.15, 0.2) is 33.9 Å². The number of carbonyl (C=O) groups excluding carboxylic acids is 1. The van der Waals surface area contributed by atoms with Crippen molar-refractivity contribution in [2.75, 3.05) is 19.4 Å². The van der Waals surface area contributed by atoms with Crippen molar-refractivity contribution in [2.24, 2.45) is 0 Å². The number of ether oxygens (including phenoxy) is 1. The molecule has 1 fully saturated rings. The Labute approximate surface area is 158 Å². The molecule has 1 unspecified atom stereocenters. The van der Waals surface area contributed by atoms with Crippen LogP contribution < -0.4 is 4.74 Å². The van der Waals surface area contributed by atoms with Crippen molar-refractivity contribution < 1.29 is 13.9 Å². The molecule has 0 N–H and O–H groups in total. The predicted molar refractivity (Wildman–Crippen MR) is 100 cm³/mol. The quantitative estimate of drug-likeness (QED) is 0.690. The lowest BCUT2D eigenvalue weighted by Crippen LogP contribution is -2.44. The topological polar surface area (TPSA) is 68.5 Å². The van der Waals surface area contributed by atoms with E-state index in [-0.39, 0.29) is 5.91 Å². The molecule has 3 rings (SSSR count). The number of piperidine rings is 1. The monoisotopic (exact) mass is 375 g/mol. The summed E-state index contributed by atoms with van der Waals surface area (Å²) in [6, 6.07) is 8.14. The molecule has 26 heavy (non-hydrogen) atoms. The number of hydrogen-bond acceptors (Lipinski definition) is 6. The van der Waals surface area contributed by atoms with Gasteiger partial charge in [-0.2, -0.15) is 0 Å². The Morgan fingerprint density at radius 2 is 2.12 bits per heavy atom. The van der Waals surface area contributed by atoms with Crippen molar-refractivity contribution in [3.05, 3.63) is 35.7 Å². The number of thioether (sulfide) groups is 1. The molecule has 1 saturated heterocycles. The zero-order valence-corrected chi connectivity index (χ0v) is 16.1. The second-order valence-electron chi connectivity index (χ2n) is 6.42. The van der Waals surface area contributed by atoms with E-state index in [0.717, 1.165) is 37.1 Å². The first-order valence-electron chi connectivity index (χ1n) is 9.07. The fraction of sp³-hybridized carbons (Fsp3) is 0.526. The van der Waals surface area contributed by atoms with E-state index < -0.39 is 0 Å². The van der Waals surface area contributed by atoms with Crippen LogP contribution in [-0.2, 0) is 11.2 Å². The van der Waals surface area contributed by atoms with E-state index >= 15 is 0 Å². The SMILES string of the molecule is CCC1CCCCN1C(=O)CSc1nnc(Cc2ccc(OC)cc2)o1. The number of nitrogens with zero attached hydrogens (tertiary/aromatic N) is 3. The zero-order chi connectivity index (χ0) is 18.4. The lowest BCUT2D eigenvalue weighted by atomic mass is 10.0. The van der Waals surface area contributed by atoms with Gasteiger partial charge in [0.1, 0.15) is 5.75 Å². The first-order chi connectivity index (χ1) is 12.7. The highest BCUT2D eigenvalue weighted by Gasteiger charge is 2.25. The number of likely N-dealkylation sites (tertiary alicyclic amines) is 1. The summed E-state index contributed by atoms with van der Waals surface area (Å²) >= 11 is 1.32. The molecule has 2 heterocycles. The molecule has 1 aliphatic rings. The van der Waals surface area contributed by atoms with Crippen LogP contribution in [0.4, 0.5) is 0 Å². The number of methoxy groups -OCH3 is 1. The molecule has 140 valence electrons. The second kappa shape index (κ2) is 9.07. The molecule has 0 spiro atoms. The average Bonchev–Trinajstić information content (AvgIpc) is 3.14. The lowest BCUT2D eigenvalue weighted by molar-refractivity contribution is -0.132. The van der Waals surface area contributed by atoms with Gasteiger partial charge in [-0.25, -0.2) is 0 Å². The van der Waals surface area contributed by atoms with Crippen molar-refractivity contribution in [3.8, 4) is 5.75 Å². The molecule has 1 aromatic carbocycles. The number of aromatic nitrogens is 2. The summed E-state index contributed by atoms with van der Waals surface area (Å²) in [4.78, 5) is 14.5. The van der Waals surface area contributed by atoms with Gasteiger partial charge in [-0.15, -0.1) is 10.2 Å². The highest BCUT2D eigenvalue weighted by molar-refractivity contribution is 7.99. The molecule has 0 bridgehead atoms. The van der Waals surface area contributed by atoms with Crippen molar-refractivity contribution in [2.45, 2.75) is 50.3 Å². The molecule has 6 nitrogen and oxygen atoms in total. The number of carbonyl (C=O) groups is 1. The molecule has 7 heteroatoms. The Balaban J connectivity index is 1.52. The van der Waals surface area contributed by atoms with Gasteiger partial charge >= 0.3 is 0 Å². The van der Waals surface area contributed by atoms with Gasteiger partial charge in [0.05, 0.1) is 19.3 Å². The third-order valence-electron chi connectivity index (χ3n) is 4.70. The van der Waals surface area contributed by atoms with Crippen molar-refractivity contribution in [3.63, 3.8) is 0 Å². The van der Waals surface area contributed by atoms with Crippen LogP contribution in [-0.4, -0.2) is 46.5 Å². The number of benzene rings is 1. The van der Waals surface area contributed by atoms with E-state index in [2.05, 4.69) is 17.1 Å². The first kappa shape index (κ1) is 18.8. The van der Waals surface area contributed by atoms with Gasteiger partial charge in [0, 0.05) is 12.6 Å². The fourth-order valence-electron chi connectivity index (χ4n) is 3.25. The van der Waals surface area contributed by atoms with Gasteiger partial charge in [-0.1, -0.05) is 30.8 Å². The average molecular weight is 375 g/mol. The predicted octanol–water partition coefficient (Wildman–Crippen LogP) is 3.55. The minimum absolute atomic E-state index is 0.163. The molecular weight excluding hydrogens is 350 g/mol. The van der Waals surface area contributed by atoms with E-state index in [9.17, 15) is 4.79 Å². The number of hydrogen-bond donors (Lipinski definition) is 0. The first-order valence-corrected chi connectivity index (χ1v) is 10.1. The van der Waals surface area contributed by atoms with E-state index in [4.69, 9.17) is 9.15 Å². The van der Waals surface area contributed by atoms with Crippen molar-refractivity contribution >= 4 is 17.7 Å². The minimum atomic E-state index is 0.163. The zero-order valence-electron chi connectivity index (χ0n) is 15.3. The maximum Gasteiger partial charge on any atom is 0.277 e. The van der Waals surface area contributed by atoms with Crippen LogP contribution >= 0.6 is 11.8 Å². The summed E-state index contributed by atoms with van der Waals surface area (Å²) in [6.45, 7) is 3.01. The van der Waals surface area contributed by atoms with Gasteiger partial charge in [0.15, 0.2) is 0 Å². The molecule has 2 aromatic rings. The molecular formula is C19H25N3O3S. The lowest BCUT2D eigenvalue weighted by Gasteiger charge is -2.35. The molecule has 1 atom stereocenters. The Bertz CT molecular complexity index is 717. The van der Waals surface area contributed by atoms with Gasteiger partial charge in [-0.05, 0) is 43.4 Å².